The van der Waals surface area contributed by atoms with Gasteiger partial charge >= 0.3 is 0 Å². The summed E-state index contributed by atoms with van der Waals surface area (Å²) in [6.45, 7) is 2.27. The number of hydrogen-bond donors (Lipinski definition) is 0. The maximum absolute atomic E-state index is 12.7. The molecular formula is C16H15ClN2O4. The van der Waals surface area contributed by atoms with Gasteiger partial charge in [-0.1, -0.05) is 23.7 Å². The Morgan fingerprint density at radius 3 is 2.61 bits per heavy atom. The van der Waals surface area contributed by atoms with Gasteiger partial charge in [0, 0.05) is 19.2 Å². The Hall–Kier alpha value is -2.60. The van der Waals surface area contributed by atoms with Gasteiger partial charge in [-0.3, -0.25) is 14.9 Å². The number of carbonyl (C=O) groups excluding carboxylic acids is 1. The van der Waals surface area contributed by atoms with E-state index in [4.69, 9.17) is 16.3 Å². The molecule has 0 aliphatic heterocycles. The molecule has 0 atom stereocenters. The number of nitrogens with zero attached hydrogens (tertiary/aromatic N) is 2. The smallest absolute Gasteiger partial charge is 0.271 e. The zero-order chi connectivity index (χ0) is 17.0. The fraction of sp³-hybridized carbons (Fsp3) is 0.188. The van der Waals surface area contributed by atoms with Gasteiger partial charge in [0.15, 0.2) is 0 Å². The SMILES string of the molecule is CCOc1ccccc1C(=O)N(C)c1ccc([N+](=O)[O-])cc1Cl. The van der Waals surface area contributed by atoms with Gasteiger partial charge in [-0.15, -0.1) is 0 Å². The van der Waals surface area contributed by atoms with Crippen LogP contribution in [0.25, 0.3) is 0 Å². The molecule has 2 aromatic carbocycles. The molecule has 0 unspecified atom stereocenters. The Bertz CT molecular complexity index is 749. The minimum atomic E-state index is -0.540. The van der Waals surface area contributed by atoms with E-state index in [2.05, 4.69) is 0 Å². The van der Waals surface area contributed by atoms with Crippen molar-refractivity contribution in [3.8, 4) is 5.75 Å². The Morgan fingerprint density at radius 1 is 1.30 bits per heavy atom. The Balaban J connectivity index is 2.35. The number of para-hydroxylation sites is 1. The fourth-order valence-electron chi connectivity index (χ4n) is 2.10. The highest BCUT2D eigenvalue weighted by atomic mass is 35.5. The summed E-state index contributed by atoms with van der Waals surface area (Å²) in [5.41, 5.74) is 0.647. The third-order valence-corrected chi connectivity index (χ3v) is 3.53. The van der Waals surface area contributed by atoms with Gasteiger partial charge < -0.3 is 9.64 Å². The van der Waals surface area contributed by atoms with E-state index in [1.165, 1.54) is 23.1 Å². The third-order valence-electron chi connectivity index (χ3n) is 3.23. The molecule has 6 nitrogen and oxygen atoms in total. The minimum Gasteiger partial charge on any atom is -0.493 e. The zero-order valence-corrected chi connectivity index (χ0v) is 13.4. The first-order chi connectivity index (χ1) is 11.0. The summed E-state index contributed by atoms with van der Waals surface area (Å²) >= 11 is 6.07. The van der Waals surface area contributed by atoms with E-state index in [1.54, 1.807) is 31.3 Å². The molecule has 0 heterocycles. The number of hydrogen-bond acceptors (Lipinski definition) is 4. The lowest BCUT2D eigenvalue weighted by Crippen LogP contribution is -2.27. The topological polar surface area (TPSA) is 72.7 Å². The van der Waals surface area contributed by atoms with Crippen molar-refractivity contribution in [1.29, 1.82) is 0 Å². The first-order valence-electron chi connectivity index (χ1n) is 6.89. The second kappa shape index (κ2) is 7.11. The highest BCUT2D eigenvalue weighted by molar-refractivity contribution is 6.34. The molecule has 0 fully saturated rings. The van der Waals surface area contributed by atoms with Crippen molar-refractivity contribution >= 4 is 28.9 Å². The van der Waals surface area contributed by atoms with Crippen molar-refractivity contribution in [2.75, 3.05) is 18.6 Å². The molecule has 1 amide bonds. The first-order valence-corrected chi connectivity index (χ1v) is 7.27. The van der Waals surface area contributed by atoms with Crippen LogP contribution in [-0.4, -0.2) is 24.5 Å². The van der Waals surface area contributed by atoms with Crippen molar-refractivity contribution in [3.63, 3.8) is 0 Å². The summed E-state index contributed by atoms with van der Waals surface area (Å²) in [6.07, 6.45) is 0. The molecule has 0 spiro atoms. The summed E-state index contributed by atoms with van der Waals surface area (Å²) in [5.74, 6) is 0.162. The van der Waals surface area contributed by atoms with Crippen LogP contribution in [0, 0.1) is 10.1 Å². The quantitative estimate of drug-likeness (QED) is 0.613. The van der Waals surface area contributed by atoms with Crippen molar-refractivity contribution in [2.45, 2.75) is 6.92 Å². The molecule has 23 heavy (non-hydrogen) atoms. The van der Waals surface area contributed by atoms with Gasteiger partial charge in [-0.25, -0.2) is 0 Å². The van der Waals surface area contributed by atoms with E-state index in [1.807, 2.05) is 6.92 Å². The summed E-state index contributed by atoms with van der Waals surface area (Å²) < 4.78 is 5.46. The maximum atomic E-state index is 12.7. The van der Waals surface area contributed by atoms with Crippen LogP contribution < -0.4 is 9.64 Å². The average molecular weight is 335 g/mol. The van der Waals surface area contributed by atoms with Crippen LogP contribution in [0.3, 0.4) is 0 Å². The van der Waals surface area contributed by atoms with Crippen molar-refractivity contribution in [1.82, 2.24) is 0 Å². The maximum Gasteiger partial charge on any atom is 0.271 e. The van der Waals surface area contributed by atoms with E-state index < -0.39 is 4.92 Å². The van der Waals surface area contributed by atoms with Gasteiger partial charge in [-0.2, -0.15) is 0 Å². The van der Waals surface area contributed by atoms with Crippen LogP contribution in [0.4, 0.5) is 11.4 Å². The standard InChI is InChI=1S/C16H15ClN2O4/c1-3-23-15-7-5-4-6-12(15)16(20)18(2)14-9-8-11(19(21)22)10-13(14)17/h4-10H,3H2,1-2H3. The molecule has 0 aliphatic rings. The van der Waals surface area contributed by atoms with Crippen molar-refractivity contribution < 1.29 is 14.5 Å². The monoisotopic (exact) mass is 334 g/mol. The van der Waals surface area contributed by atoms with E-state index in [9.17, 15) is 14.9 Å². The number of nitro groups is 1. The second-order valence-electron chi connectivity index (χ2n) is 4.69. The molecule has 0 aromatic heterocycles. The largest absolute Gasteiger partial charge is 0.493 e. The molecule has 0 saturated carbocycles. The number of ether oxygens (including phenoxy) is 1. The number of non-ortho nitro benzene ring substituents is 1. The predicted molar refractivity (Wildman–Crippen MR) is 88.5 cm³/mol. The average Bonchev–Trinajstić information content (AvgIpc) is 2.54. The Labute approximate surface area is 138 Å². The van der Waals surface area contributed by atoms with Crippen LogP contribution in [0.2, 0.25) is 5.02 Å². The molecule has 2 aromatic rings. The van der Waals surface area contributed by atoms with E-state index >= 15 is 0 Å². The number of halogens is 1. The van der Waals surface area contributed by atoms with Gasteiger partial charge in [-0.05, 0) is 25.1 Å². The third kappa shape index (κ3) is 3.60. The molecule has 0 radical (unpaired) electrons. The summed E-state index contributed by atoms with van der Waals surface area (Å²) in [6, 6.07) is 10.9. The predicted octanol–water partition coefficient (Wildman–Crippen LogP) is 3.92. The van der Waals surface area contributed by atoms with Crippen LogP contribution in [0.5, 0.6) is 5.75 Å². The lowest BCUT2D eigenvalue weighted by Gasteiger charge is -2.20. The summed E-state index contributed by atoms with van der Waals surface area (Å²) in [4.78, 5) is 24.2. The molecule has 2 rings (SSSR count). The van der Waals surface area contributed by atoms with Crippen LogP contribution in [0.1, 0.15) is 17.3 Å². The van der Waals surface area contributed by atoms with Gasteiger partial charge in [0.25, 0.3) is 11.6 Å². The molecular weight excluding hydrogens is 320 g/mol. The molecule has 0 aliphatic carbocycles. The van der Waals surface area contributed by atoms with Gasteiger partial charge in [0.05, 0.1) is 27.8 Å². The summed E-state index contributed by atoms with van der Waals surface area (Å²) in [7, 11) is 1.55. The van der Waals surface area contributed by atoms with E-state index in [0.717, 1.165) is 0 Å². The van der Waals surface area contributed by atoms with E-state index in [0.29, 0.717) is 23.6 Å². The van der Waals surface area contributed by atoms with Crippen LogP contribution >= 0.6 is 11.6 Å². The number of benzene rings is 2. The minimum absolute atomic E-state index is 0.129. The Kier molecular flexibility index (Phi) is 5.18. The number of carbonyl (C=O) groups is 1. The second-order valence-corrected chi connectivity index (χ2v) is 5.09. The van der Waals surface area contributed by atoms with Crippen molar-refractivity contribution in [2.24, 2.45) is 0 Å². The molecule has 120 valence electrons. The zero-order valence-electron chi connectivity index (χ0n) is 12.7. The number of nitro benzene ring substituents is 1. The highest BCUT2D eigenvalue weighted by Gasteiger charge is 2.20. The van der Waals surface area contributed by atoms with Gasteiger partial charge in [0.1, 0.15) is 5.75 Å². The van der Waals surface area contributed by atoms with Crippen LogP contribution in [0.15, 0.2) is 42.5 Å². The molecule has 0 bridgehead atoms. The molecule has 0 N–H and O–H groups in total. The first kappa shape index (κ1) is 16.8. The van der Waals surface area contributed by atoms with E-state index in [-0.39, 0.29) is 16.6 Å². The summed E-state index contributed by atoms with van der Waals surface area (Å²) in [5, 5.41) is 10.9. The highest BCUT2D eigenvalue weighted by Crippen LogP contribution is 2.31. The lowest BCUT2D eigenvalue weighted by molar-refractivity contribution is -0.384. The Morgan fingerprint density at radius 2 is 2.00 bits per heavy atom. The molecule has 7 heteroatoms. The normalized spacial score (nSPS) is 10.2. The molecule has 0 saturated heterocycles. The lowest BCUT2D eigenvalue weighted by atomic mass is 10.1. The number of rotatable bonds is 5. The number of amides is 1. The number of anilines is 1. The fourth-order valence-corrected chi connectivity index (χ4v) is 2.40. The van der Waals surface area contributed by atoms with Gasteiger partial charge in [0.2, 0.25) is 0 Å². The van der Waals surface area contributed by atoms with Crippen LogP contribution in [-0.2, 0) is 0 Å². The van der Waals surface area contributed by atoms with Crippen molar-refractivity contribution in [3.05, 3.63) is 63.2 Å².